The first-order chi connectivity index (χ1) is 26.8. The molecular weight excluding hydrogens is 733 g/mol. The summed E-state index contributed by atoms with van der Waals surface area (Å²) >= 11 is 0. The Morgan fingerprint density at radius 3 is 1.78 bits per heavy atom. The molecule has 15 heteroatoms. The number of methoxy groups -OCH3 is 1. The summed E-state index contributed by atoms with van der Waals surface area (Å²) in [6, 6.07) is 15.3. The van der Waals surface area contributed by atoms with Crippen molar-refractivity contribution in [2.75, 3.05) is 119 Å². The summed E-state index contributed by atoms with van der Waals surface area (Å²) in [4.78, 5) is 12.7. The van der Waals surface area contributed by atoms with Crippen LogP contribution in [0.15, 0.2) is 66.2 Å². The van der Waals surface area contributed by atoms with Gasteiger partial charge in [-0.1, -0.05) is 53.8 Å². The van der Waals surface area contributed by atoms with Crippen molar-refractivity contribution < 1.29 is 61.6 Å². The Hall–Kier alpha value is -3.16. The van der Waals surface area contributed by atoms with Crippen LogP contribution in [0.3, 0.4) is 0 Å². The number of allylic oxidation sites excluding steroid dienone is 1. The highest BCUT2D eigenvalue weighted by Crippen LogP contribution is 2.44. The number of aliphatic hydroxyl groups is 1. The van der Waals surface area contributed by atoms with Crippen molar-refractivity contribution in [1.82, 2.24) is 5.09 Å². The van der Waals surface area contributed by atoms with Crippen molar-refractivity contribution in [1.29, 1.82) is 0 Å². The lowest BCUT2D eigenvalue weighted by Gasteiger charge is -2.23. The third-order valence-corrected chi connectivity index (χ3v) is 9.44. The van der Waals surface area contributed by atoms with Crippen LogP contribution in [-0.4, -0.2) is 136 Å². The number of esters is 1. The average molecular weight is 794 g/mol. The molecule has 0 aliphatic rings. The SMILES string of the molecule is COCCOCCOCCOCCOCCOCCOCCOCC#Cc1ccc(OP(=O)(CC/C=C(\C)CO)N[C@@H](C)C(=O)OCc2ccccc2)cc1. The number of nitrogens with one attached hydrogen (secondary N) is 1. The maximum atomic E-state index is 13.9. The van der Waals surface area contributed by atoms with Crippen molar-refractivity contribution in [2.24, 2.45) is 0 Å². The van der Waals surface area contributed by atoms with Crippen LogP contribution in [0, 0.1) is 11.8 Å². The largest absolute Gasteiger partial charge is 0.460 e. The fraction of sp³-hybridized carbons (Fsp3) is 0.575. The third-order valence-electron chi connectivity index (χ3n) is 7.31. The molecule has 0 spiro atoms. The third kappa shape index (κ3) is 25.6. The molecule has 0 bridgehead atoms. The second-order valence-corrected chi connectivity index (χ2v) is 14.2. The van der Waals surface area contributed by atoms with Crippen LogP contribution >= 0.6 is 7.52 Å². The van der Waals surface area contributed by atoms with Crippen LogP contribution in [0.4, 0.5) is 0 Å². The Kier molecular flexibility index (Phi) is 27.9. The van der Waals surface area contributed by atoms with Gasteiger partial charge in [0, 0.05) is 12.7 Å². The van der Waals surface area contributed by atoms with Crippen molar-refractivity contribution >= 4 is 13.5 Å². The topological polar surface area (TPSA) is 159 Å². The summed E-state index contributed by atoms with van der Waals surface area (Å²) in [7, 11) is -1.92. The van der Waals surface area contributed by atoms with Crippen molar-refractivity contribution in [3.05, 3.63) is 77.4 Å². The van der Waals surface area contributed by atoms with E-state index in [-0.39, 0.29) is 26.0 Å². The monoisotopic (exact) mass is 793 g/mol. The van der Waals surface area contributed by atoms with Gasteiger partial charge in [0.25, 0.3) is 0 Å². The molecule has 308 valence electrons. The molecule has 2 rings (SSSR count). The molecule has 0 heterocycles. The number of benzene rings is 2. The van der Waals surface area contributed by atoms with E-state index in [9.17, 15) is 14.5 Å². The van der Waals surface area contributed by atoms with E-state index in [4.69, 9.17) is 47.2 Å². The maximum Gasteiger partial charge on any atom is 0.323 e. The normalized spacial score (nSPS) is 13.1. The number of hydrogen-bond donors (Lipinski definition) is 2. The first-order valence-corrected chi connectivity index (χ1v) is 20.3. The number of aliphatic hydroxyl groups excluding tert-OH is 1. The second kappa shape index (κ2) is 32.0. The Bertz CT molecular complexity index is 1400. The molecule has 2 N–H and O–H groups in total. The van der Waals surface area contributed by atoms with Gasteiger partial charge in [0.05, 0.1) is 105 Å². The molecule has 2 aromatic carbocycles. The fourth-order valence-corrected chi connectivity index (χ4v) is 6.28. The molecule has 0 aliphatic heterocycles. The summed E-state index contributed by atoms with van der Waals surface area (Å²) in [5.74, 6) is 5.80. The highest BCUT2D eigenvalue weighted by molar-refractivity contribution is 7.57. The van der Waals surface area contributed by atoms with E-state index in [1.54, 1.807) is 51.3 Å². The standard InChI is InChI=1S/C40H60NO13P/c1-35(33-42)9-8-32-55(44,41-36(2)40(43)53-34-38-10-5-4-6-11-38)54-39-15-13-37(14-16-39)12-7-17-46-20-21-48-24-25-50-28-29-52-31-30-51-27-26-49-23-22-47-19-18-45-3/h4-6,9-11,13-16,36,42H,8,17-34H2,1-3H3,(H,41,44)/b35-9+/t36-,55?/m0/s1. The van der Waals surface area contributed by atoms with Crippen molar-refractivity contribution in [2.45, 2.75) is 32.9 Å². The molecule has 0 saturated heterocycles. The highest BCUT2D eigenvalue weighted by atomic mass is 31.2. The van der Waals surface area contributed by atoms with E-state index in [2.05, 4.69) is 16.9 Å². The Morgan fingerprint density at radius 1 is 0.764 bits per heavy atom. The molecule has 55 heavy (non-hydrogen) atoms. The average Bonchev–Trinajstić information content (AvgIpc) is 3.19. The molecule has 0 aromatic heterocycles. The minimum Gasteiger partial charge on any atom is -0.460 e. The Balaban J connectivity index is 1.56. The molecule has 0 aliphatic carbocycles. The first kappa shape index (κ1) is 48.0. The Morgan fingerprint density at radius 2 is 1.27 bits per heavy atom. The molecule has 0 fully saturated rings. The van der Waals surface area contributed by atoms with Gasteiger partial charge in [0.1, 0.15) is 25.0 Å². The zero-order chi connectivity index (χ0) is 39.7. The molecule has 0 saturated carbocycles. The number of hydrogen-bond acceptors (Lipinski definition) is 13. The van der Waals surface area contributed by atoms with Crippen LogP contribution < -0.4 is 9.61 Å². The van der Waals surface area contributed by atoms with E-state index in [0.29, 0.717) is 105 Å². The molecule has 2 atom stereocenters. The van der Waals surface area contributed by atoms with Gasteiger partial charge in [-0.15, -0.1) is 0 Å². The quantitative estimate of drug-likeness (QED) is 0.0344. The highest BCUT2D eigenvalue weighted by Gasteiger charge is 2.30. The van der Waals surface area contributed by atoms with Gasteiger partial charge in [-0.25, -0.2) is 5.09 Å². The zero-order valence-corrected chi connectivity index (χ0v) is 33.5. The van der Waals surface area contributed by atoms with Gasteiger partial charge < -0.3 is 52.3 Å². The summed E-state index contributed by atoms with van der Waals surface area (Å²) < 4.78 is 68.3. The molecule has 1 unspecified atom stereocenters. The number of carbonyl (C=O) groups is 1. The predicted molar refractivity (Wildman–Crippen MR) is 208 cm³/mol. The van der Waals surface area contributed by atoms with Gasteiger partial charge in [0.2, 0.25) is 0 Å². The van der Waals surface area contributed by atoms with Gasteiger partial charge in [-0.2, -0.15) is 0 Å². The van der Waals surface area contributed by atoms with Crippen LogP contribution in [0.1, 0.15) is 31.4 Å². The second-order valence-electron chi connectivity index (χ2n) is 12.0. The van der Waals surface area contributed by atoms with Crippen molar-refractivity contribution in [3.63, 3.8) is 0 Å². The number of carbonyl (C=O) groups excluding carboxylic acids is 1. The lowest BCUT2D eigenvalue weighted by atomic mass is 10.2. The summed E-state index contributed by atoms with van der Waals surface area (Å²) in [6.45, 7) is 10.5. The molecule has 0 radical (unpaired) electrons. The summed E-state index contributed by atoms with van der Waals surface area (Å²) in [5.41, 5.74) is 2.32. The zero-order valence-electron chi connectivity index (χ0n) is 32.6. The van der Waals surface area contributed by atoms with Crippen LogP contribution in [0.5, 0.6) is 5.75 Å². The molecule has 14 nitrogen and oxygen atoms in total. The van der Waals surface area contributed by atoms with Crippen LogP contribution in [0.2, 0.25) is 0 Å². The van der Waals surface area contributed by atoms with Crippen LogP contribution in [-0.2, 0) is 58.6 Å². The fourth-order valence-electron chi connectivity index (χ4n) is 4.38. The van der Waals surface area contributed by atoms with Gasteiger partial charge >= 0.3 is 13.5 Å². The van der Waals surface area contributed by atoms with E-state index in [1.165, 1.54) is 0 Å². The molecule has 2 aromatic rings. The van der Waals surface area contributed by atoms with Gasteiger partial charge in [-0.05, 0) is 50.1 Å². The lowest BCUT2D eigenvalue weighted by Crippen LogP contribution is -2.35. The van der Waals surface area contributed by atoms with Crippen LogP contribution in [0.25, 0.3) is 0 Å². The summed E-state index contributed by atoms with van der Waals surface area (Å²) in [6.07, 6.45) is 2.27. The number of ether oxygens (including phenoxy) is 9. The Labute approximate surface area is 326 Å². The molecular formula is C40H60NO13P. The minimum absolute atomic E-state index is 0.0980. The predicted octanol–water partition coefficient (Wildman–Crippen LogP) is 4.42. The van der Waals surface area contributed by atoms with Crippen molar-refractivity contribution in [3.8, 4) is 17.6 Å². The first-order valence-electron chi connectivity index (χ1n) is 18.5. The summed E-state index contributed by atoms with van der Waals surface area (Å²) in [5, 5.41) is 12.2. The smallest absolute Gasteiger partial charge is 0.323 e. The molecule has 0 amide bonds. The van der Waals surface area contributed by atoms with Gasteiger partial charge in [-0.3, -0.25) is 9.36 Å². The minimum atomic E-state index is -3.56. The maximum absolute atomic E-state index is 13.9. The van der Waals surface area contributed by atoms with E-state index in [1.807, 2.05) is 30.3 Å². The van der Waals surface area contributed by atoms with Gasteiger partial charge in [0.15, 0.2) is 0 Å². The van der Waals surface area contributed by atoms with E-state index >= 15 is 0 Å². The van der Waals surface area contributed by atoms with E-state index in [0.717, 1.165) is 16.7 Å². The number of rotatable bonds is 33. The van der Waals surface area contributed by atoms with E-state index < -0.39 is 19.5 Å². The lowest BCUT2D eigenvalue weighted by molar-refractivity contribution is -0.146.